The van der Waals surface area contributed by atoms with Gasteiger partial charge in [-0.1, -0.05) is 19.1 Å². The number of hydrogen-bond donors (Lipinski definition) is 1. The fraction of sp³-hybridized carbons (Fsp3) is 0.812. The molecule has 0 radical (unpaired) electrons. The van der Waals surface area contributed by atoms with E-state index in [1.807, 2.05) is 6.92 Å². The minimum atomic E-state index is -0.658. The van der Waals surface area contributed by atoms with Gasteiger partial charge in [0.2, 0.25) is 0 Å². The first kappa shape index (κ1) is 13.2. The standard InChI is InChI=1S/C16H24O3/c1-10-5-8-16(18)9-11-6-7-14(2,13(17)19-4)12(11)15(10,16)3/h11-12,18H,1,5-9H2,2-4H3/t11-,12+,14+,15+,16+/m1/s1. The van der Waals surface area contributed by atoms with Gasteiger partial charge in [-0.25, -0.2) is 0 Å². The van der Waals surface area contributed by atoms with Crippen molar-refractivity contribution in [1.29, 1.82) is 0 Å². The van der Waals surface area contributed by atoms with Crippen molar-refractivity contribution >= 4 is 5.97 Å². The number of carbonyl (C=O) groups is 1. The zero-order valence-corrected chi connectivity index (χ0v) is 12.2. The van der Waals surface area contributed by atoms with E-state index in [1.54, 1.807) is 0 Å². The van der Waals surface area contributed by atoms with Crippen molar-refractivity contribution in [2.24, 2.45) is 22.7 Å². The average Bonchev–Trinajstić information content (AvgIpc) is 2.89. The van der Waals surface area contributed by atoms with Gasteiger partial charge in [0.25, 0.3) is 0 Å². The first-order chi connectivity index (χ1) is 8.79. The molecular formula is C16H24O3. The van der Waals surface area contributed by atoms with E-state index in [-0.39, 0.29) is 17.3 Å². The van der Waals surface area contributed by atoms with E-state index in [0.29, 0.717) is 5.92 Å². The zero-order chi connectivity index (χ0) is 14.1. The molecule has 19 heavy (non-hydrogen) atoms. The molecule has 3 nitrogen and oxygen atoms in total. The Labute approximate surface area is 115 Å². The molecule has 0 spiro atoms. The van der Waals surface area contributed by atoms with Crippen LogP contribution in [0.1, 0.15) is 46.0 Å². The Morgan fingerprint density at radius 3 is 2.74 bits per heavy atom. The predicted octanol–water partition coefficient (Wildman–Crippen LogP) is 2.68. The van der Waals surface area contributed by atoms with Gasteiger partial charge in [0.05, 0.1) is 18.1 Å². The van der Waals surface area contributed by atoms with Gasteiger partial charge in [-0.05, 0) is 50.9 Å². The zero-order valence-electron chi connectivity index (χ0n) is 12.2. The van der Waals surface area contributed by atoms with E-state index in [9.17, 15) is 9.90 Å². The van der Waals surface area contributed by atoms with Crippen LogP contribution in [-0.2, 0) is 9.53 Å². The number of esters is 1. The molecule has 0 aromatic carbocycles. The summed E-state index contributed by atoms with van der Waals surface area (Å²) in [5, 5.41) is 11.0. The molecule has 0 amide bonds. The normalized spacial score (nSPS) is 52.1. The van der Waals surface area contributed by atoms with E-state index in [2.05, 4.69) is 13.5 Å². The van der Waals surface area contributed by atoms with Gasteiger partial charge in [0.15, 0.2) is 0 Å². The molecule has 0 aliphatic heterocycles. The van der Waals surface area contributed by atoms with Gasteiger partial charge in [-0.15, -0.1) is 0 Å². The first-order valence-electron chi connectivity index (χ1n) is 7.29. The van der Waals surface area contributed by atoms with E-state index >= 15 is 0 Å². The molecule has 1 N–H and O–H groups in total. The van der Waals surface area contributed by atoms with Crippen molar-refractivity contribution in [3.63, 3.8) is 0 Å². The topological polar surface area (TPSA) is 46.5 Å². The number of methoxy groups -OCH3 is 1. The number of rotatable bonds is 1. The lowest BCUT2D eigenvalue weighted by atomic mass is 9.61. The summed E-state index contributed by atoms with van der Waals surface area (Å²) >= 11 is 0. The largest absolute Gasteiger partial charge is 0.469 e. The maximum atomic E-state index is 12.3. The lowest BCUT2D eigenvalue weighted by Crippen LogP contribution is -2.48. The molecule has 106 valence electrons. The van der Waals surface area contributed by atoms with E-state index in [1.165, 1.54) is 7.11 Å². The third-order valence-corrected chi connectivity index (χ3v) is 6.61. The highest BCUT2D eigenvalue weighted by Gasteiger charge is 2.71. The molecule has 3 aliphatic rings. The average molecular weight is 264 g/mol. The van der Waals surface area contributed by atoms with Gasteiger partial charge in [-0.2, -0.15) is 0 Å². The molecule has 0 aromatic heterocycles. The molecule has 0 aromatic rings. The van der Waals surface area contributed by atoms with Gasteiger partial charge >= 0.3 is 5.97 Å². The van der Waals surface area contributed by atoms with Crippen molar-refractivity contribution in [2.45, 2.75) is 51.6 Å². The van der Waals surface area contributed by atoms with E-state index < -0.39 is 11.0 Å². The Kier molecular flexibility index (Phi) is 2.52. The van der Waals surface area contributed by atoms with Gasteiger partial charge in [0.1, 0.15) is 0 Å². The van der Waals surface area contributed by atoms with Gasteiger partial charge in [-0.3, -0.25) is 4.79 Å². The molecule has 3 aliphatic carbocycles. The Morgan fingerprint density at radius 1 is 1.42 bits per heavy atom. The lowest BCUT2D eigenvalue weighted by molar-refractivity contribution is -0.158. The fourth-order valence-electron chi connectivity index (χ4n) is 5.58. The second kappa shape index (κ2) is 3.63. The molecule has 0 heterocycles. The van der Waals surface area contributed by atoms with Crippen molar-refractivity contribution in [1.82, 2.24) is 0 Å². The van der Waals surface area contributed by atoms with Crippen molar-refractivity contribution in [2.75, 3.05) is 7.11 Å². The van der Waals surface area contributed by atoms with Crippen LogP contribution >= 0.6 is 0 Å². The Bertz CT molecular complexity index is 457. The second-order valence-corrected chi connectivity index (χ2v) is 7.23. The summed E-state index contributed by atoms with van der Waals surface area (Å²) in [7, 11) is 1.47. The first-order valence-corrected chi connectivity index (χ1v) is 7.29. The fourth-order valence-corrected chi connectivity index (χ4v) is 5.58. The quantitative estimate of drug-likeness (QED) is 0.585. The maximum absolute atomic E-state index is 12.3. The molecule has 0 unspecified atom stereocenters. The van der Waals surface area contributed by atoms with Crippen LogP contribution in [0, 0.1) is 22.7 Å². The minimum absolute atomic E-state index is 0.120. The number of hydrogen-bond acceptors (Lipinski definition) is 3. The van der Waals surface area contributed by atoms with Crippen molar-refractivity contribution in [3.8, 4) is 0 Å². The Balaban J connectivity index is 2.09. The smallest absolute Gasteiger partial charge is 0.311 e. The van der Waals surface area contributed by atoms with Crippen LogP contribution < -0.4 is 0 Å². The summed E-state index contributed by atoms with van der Waals surface area (Å²) in [4.78, 5) is 12.3. The summed E-state index contributed by atoms with van der Waals surface area (Å²) in [5.74, 6) is 0.480. The summed E-state index contributed by atoms with van der Waals surface area (Å²) in [6.07, 6.45) is 4.38. The van der Waals surface area contributed by atoms with Crippen LogP contribution in [0.15, 0.2) is 12.2 Å². The van der Waals surface area contributed by atoms with Gasteiger partial charge < -0.3 is 9.84 Å². The monoisotopic (exact) mass is 264 g/mol. The summed E-state index contributed by atoms with van der Waals surface area (Å²) in [5.41, 5.74) is -0.322. The highest BCUT2D eigenvalue weighted by Crippen LogP contribution is 2.72. The highest BCUT2D eigenvalue weighted by atomic mass is 16.5. The molecule has 0 bridgehead atoms. The third kappa shape index (κ3) is 1.30. The van der Waals surface area contributed by atoms with Crippen molar-refractivity contribution < 1.29 is 14.6 Å². The van der Waals surface area contributed by atoms with Crippen LogP contribution in [-0.4, -0.2) is 23.8 Å². The molecular weight excluding hydrogens is 240 g/mol. The van der Waals surface area contributed by atoms with Gasteiger partial charge in [0, 0.05) is 5.41 Å². The van der Waals surface area contributed by atoms with E-state index in [4.69, 9.17) is 4.74 Å². The molecule has 3 saturated carbocycles. The number of aliphatic hydroxyl groups is 1. The Hall–Kier alpha value is -0.830. The third-order valence-electron chi connectivity index (χ3n) is 6.61. The highest BCUT2D eigenvalue weighted by molar-refractivity contribution is 5.77. The SMILES string of the molecule is C=C1CC[C@]2(O)C[C@H]3CC[C@](C)(C(=O)OC)[C@H]3[C@]12C. The summed E-state index contributed by atoms with van der Waals surface area (Å²) in [6, 6.07) is 0. The molecule has 5 atom stereocenters. The van der Waals surface area contributed by atoms with Crippen LogP contribution in [0.4, 0.5) is 0 Å². The van der Waals surface area contributed by atoms with Crippen LogP contribution in [0.2, 0.25) is 0 Å². The minimum Gasteiger partial charge on any atom is -0.469 e. The number of carbonyl (C=O) groups excluding carboxylic acids is 1. The maximum Gasteiger partial charge on any atom is 0.311 e. The number of ether oxygens (including phenoxy) is 1. The summed E-state index contributed by atoms with van der Waals surface area (Å²) < 4.78 is 5.06. The second-order valence-electron chi connectivity index (χ2n) is 7.23. The molecule has 3 fully saturated rings. The molecule has 3 heteroatoms. The molecule has 0 saturated heterocycles. The summed E-state index contributed by atoms with van der Waals surface area (Å²) in [6.45, 7) is 8.36. The number of fused-ring (bicyclic) bond motifs is 3. The van der Waals surface area contributed by atoms with Crippen molar-refractivity contribution in [3.05, 3.63) is 12.2 Å². The van der Waals surface area contributed by atoms with Crippen LogP contribution in [0.25, 0.3) is 0 Å². The predicted molar refractivity (Wildman–Crippen MR) is 72.4 cm³/mol. The van der Waals surface area contributed by atoms with Crippen LogP contribution in [0.3, 0.4) is 0 Å². The molecule has 3 rings (SSSR count). The van der Waals surface area contributed by atoms with E-state index in [0.717, 1.165) is 37.7 Å². The van der Waals surface area contributed by atoms with Crippen LogP contribution in [0.5, 0.6) is 0 Å². The Morgan fingerprint density at radius 2 is 2.11 bits per heavy atom. The lowest BCUT2D eigenvalue weighted by Gasteiger charge is -2.44.